The second kappa shape index (κ2) is 7.91. The fraction of sp³-hybridized carbons (Fsp3) is 0.176. The minimum absolute atomic E-state index is 0.0915. The molecule has 0 fully saturated rings. The molecular formula is C17H16N2O6. The van der Waals surface area contributed by atoms with Crippen LogP contribution in [-0.2, 0) is 16.1 Å². The summed E-state index contributed by atoms with van der Waals surface area (Å²) in [6.07, 6.45) is 1.11. The molecule has 0 aliphatic rings. The summed E-state index contributed by atoms with van der Waals surface area (Å²) in [6.45, 7) is 1.63. The number of carboxylic acid groups (broad SMARTS) is 1. The number of benzene rings is 1. The molecule has 0 bridgehead atoms. The van der Waals surface area contributed by atoms with E-state index in [1.54, 1.807) is 6.92 Å². The molecule has 25 heavy (non-hydrogen) atoms. The van der Waals surface area contributed by atoms with Crippen LogP contribution in [0.15, 0.2) is 47.4 Å². The number of rotatable bonds is 6. The number of nitrogens with zero attached hydrogens (tertiary/aromatic N) is 1. The van der Waals surface area contributed by atoms with Crippen molar-refractivity contribution in [3.05, 3.63) is 64.1 Å². The highest BCUT2D eigenvalue weighted by molar-refractivity contribution is 5.93. The number of carboxylic acids is 1. The number of carbonyl (C=O) groups is 3. The van der Waals surface area contributed by atoms with E-state index >= 15 is 0 Å². The van der Waals surface area contributed by atoms with Crippen LogP contribution in [0.3, 0.4) is 0 Å². The highest BCUT2D eigenvalue weighted by Crippen LogP contribution is 2.10. The molecule has 0 spiro atoms. The Labute approximate surface area is 142 Å². The molecule has 1 aromatic heterocycles. The fourth-order valence-electron chi connectivity index (χ4n) is 2.04. The summed E-state index contributed by atoms with van der Waals surface area (Å²) in [5, 5.41) is 11.5. The Morgan fingerprint density at radius 3 is 2.32 bits per heavy atom. The van der Waals surface area contributed by atoms with Gasteiger partial charge in [0.15, 0.2) is 0 Å². The van der Waals surface area contributed by atoms with Crippen LogP contribution < -0.4 is 10.9 Å². The lowest BCUT2D eigenvalue weighted by Crippen LogP contribution is -2.27. The Hall–Kier alpha value is -3.42. The van der Waals surface area contributed by atoms with Crippen molar-refractivity contribution in [2.75, 3.05) is 11.9 Å². The molecular weight excluding hydrogens is 328 g/mol. The quantitative estimate of drug-likeness (QED) is 0.765. The highest BCUT2D eigenvalue weighted by Gasteiger charge is 2.10. The Balaban J connectivity index is 2.05. The third kappa shape index (κ3) is 4.77. The molecule has 130 valence electrons. The van der Waals surface area contributed by atoms with Gasteiger partial charge in [-0.15, -0.1) is 0 Å². The lowest BCUT2D eigenvalue weighted by atomic mass is 10.2. The minimum atomic E-state index is -1.19. The number of hydrogen-bond acceptors (Lipinski definition) is 5. The van der Waals surface area contributed by atoms with Gasteiger partial charge in [-0.2, -0.15) is 0 Å². The van der Waals surface area contributed by atoms with Crippen LogP contribution in [-0.4, -0.2) is 34.1 Å². The zero-order valence-electron chi connectivity index (χ0n) is 13.4. The molecule has 0 saturated heterocycles. The summed E-state index contributed by atoms with van der Waals surface area (Å²) in [4.78, 5) is 46.2. The van der Waals surface area contributed by atoms with Gasteiger partial charge >= 0.3 is 11.9 Å². The lowest BCUT2D eigenvalue weighted by molar-refractivity contribution is -0.116. The van der Waals surface area contributed by atoms with E-state index in [-0.39, 0.29) is 18.7 Å². The maximum absolute atomic E-state index is 12.0. The smallest absolute Gasteiger partial charge is 0.338 e. The molecule has 0 aliphatic heterocycles. The predicted molar refractivity (Wildman–Crippen MR) is 88.7 cm³/mol. The number of pyridine rings is 1. The number of ether oxygens (including phenoxy) is 1. The number of anilines is 1. The molecule has 1 heterocycles. The molecule has 8 nitrogen and oxygen atoms in total. The van der Waals surface area contributed by atoms with E-state index in [1.807, 2.05) is 0 Å². The number of hydrogen-bond donors (Lipinski definition) is 2. The SMILES string of the molecule is CCOC(=O)c1ccc(NC(=O)Cn2cc(C(=O)O)ccc2=O)cc1. The molecule has 0 saturated carbocycles. The van der Waals surface area contributed by atoms with Crippen LogP contribution in [0, 0.1) is 0 Å². The molecule has 0 aliphatic carbocycles. The Bertz CT molecular complexity index is 854. The van der Waals surface area contributed by atoms with Crippen LogP contribution >= 0.6 is 0 Å². The van der Waals surface area contributed by atoms with Crippen molar-refractivity contribution in [3.63, 3.8) is 0 Å². The van der Waals surface area contributed by atoms with E-state index < -0.39 is 23.4 Å². The van der Waals surface area contributed by atoms with Gasteiger partial charge in [0, 0.05) is 18.0 Å². The first-order chi connectivity index (χ1) is 11.9. The zero-order chi connectivity index (χ0) is 18.4. The van der Waals surface area contributed by atoms with Crippen LogP contribution in [0.1, 0.15) is 27.6 Å². The van der Waals surface area contributed by atoms with Gasteiger partial charge in [-0.3, -0.25) is 9.59 Å². The average Bonchev–Trinajstić information content (AvgIpc) is 2.57. The van der Waals surface area contributed by atoms with Gasteiger partial charge in [0.05, 0.1) is 17.7 Å². The maximum Gasteiger partial charge on any atom is 0.338 e. The zero-order valence-corrected chi connectivity index (χ0v) is 13.4. The molecule has 1 amide bonds. The minimum Gasteiger partial charge on any atom is -0.478 e. The molecule has 0 atom stereocenters. The van der Waals surface area contributed by atoms with E-state index in [1.165, 1.54) is 30.3 Å². The topological polar surface area (TPSA) is 115 Å². The number of carbonyl (C=O) groups excluding carboxylic acids is 2. The summed E-state index contributed by atoms with van der Waals surface area (Å²) < 4.78 is 5.87. The van der Waals surface area contributed by atoms with E-state index in [2.05, 4.69) is 5.32 Å². The number of nitrogens with one attached hydrogen (secondary N) is 1. The highest BCUT2D eigenvalue weighted by atomic mass is 16.5. The summed E-state index contributed by atoms with van der Waals surface area (Å²) >= 11 is 0. The normalized spacial score (nSPS) is 10.1. The monoisotopic (exact) mass is 344 g/mol. The summed E-state index contributed by atoms with van der Waals surface area (Å²) in [5.74, 6) is -2.16. The first-order valence-electron chi connectivity index (χ1n) is 7.41. The summed E-state index contributed by atoms with van der Waals surface area (Å²) in [6, 6.07) is 8.33. The number of esters is 1. The van der Waals surface area contributed by atoms with Gasteiger partial charge in [-0.05, 0) is 37.3 Å². The van der Waals surface area contributed by atoms with Crippen molar-refractivity contribution < 1.29 is 24.2 Å². The van der Waals surface area contributed by atoms with Crippen LogP contribution in [0.4, 0.5) is 5.69 Å². The van der Waals surface area contributed by atoms with Gasteiger partial charge in [-0.25, -0.2) is 9.59 Å². The molecule has 0 unspecified atom stereocenters. The predicted octanol–water partition coefficient (Wildman–Crippen LogP) is 1.36. The second-order valence-corrected chi connectivity index (χ2v) is 5.04. The van der Waals surface area contributed by atoms with Crippen LogP contribution in [0.2, 0.25) is 0 Å². The maximum atomic E-state index is 12.0. The van der Waals surface area contributed by atoms with Crippen molar-refractivity contribution in [3.8, 4) is 0 Å². The lowest BCUT2D eigenvalue weighted by Gasteiger charge is -2.08. The number of amides is 1. The van der Waals surface area contributed by atoms with Crippen LogP contribution in [0.25, 0.3) is 0 Å². The average molecular weight is 344 g/mol. The van der Waals surface area contributed by atoms with E-state index in [4.69, 9.17) is 9.84 Å². The van der Waals surface area contributed by atoms with Crippen molar-refractivity contribution in [2.24, 2.45) is 0 Å². The first-order valence-corrected chi connectivity index (χ1v) is 7.41. The molecule has 2 rings (SSSR count). The summed E-state index contributed by atoms with van der Waals surface area (Å²) in [5.41, 5.74) is 0.203. The molecule has 2 N–H and O–H groups in total. The van der Waals surface area contributed by atoms with Crippen molar-refractivity contribution in [1.29, 1.82) is 0 Å². The van der Waals surface area contributed by atoms with E-state index in [0.717, 1.165) is 16.8 Å². The first kappa shape index (κ1) is 17.9. The van der Waals surface area contributed by atoms with Gasteiger partial charge in [0.1, 0.15) is 6.54 Å². The third-order valence-corrected chi connectivity index (χ3v) is 3.22. The number of aromatic nitrogens is 1. The third-order valence-electron chi connectivity index (χ3n) is 3.22. The molecule has 0 radical (unpaired) electrons. The van der Waals surface area contributed by atoms with Gasteiger partial charge in [0.2, 0.25) is 5.91 Å². The molecule has 8 heteroatoms. The number of aromatic carboxylic acids is 1. The van der Waals surface area contributed by atoms with Gasteiger partial charge < -0.3 is 19.7 Å². The molecule has 2 aromatic rings. The van der Waals surface area contributed by atoms with E-state index in [9.17, 15) is 19.2 Å². The molecule has 1 aromatic carbocycles. The largest absolute Gasteiger partial charge is 0.478 e. The summed E-state index contributed by atoms with van der Waals surface area (Å²) in [7, 11) is 0. The standard InChI is InChI=1S/C17H16N2O6/c1-2-25-17(24)11-3-6-13(7-4-11)18-14(20)10-19-9-12(16(22)23)5-8-15(19)21/h3-9H,2,10H2,1H3,(H,18,20)(H,22,23). The second-order valence-electron chi connectivity index (χ2n) is 5.04. The van der Waals surface area contributed by atoms with Crippen molar-refractivity contribution in [1.82, 2.24) is 4.57 Å². The van der Waals surface area contributed by atoms with Gasteiger partial charge in [0.25, 0.3) is 5.56 Å². The van der Waals surface area contributed by atoms with Crippen LogP contribution in [0.5, 0.6) is 0 Å². The van der Waals surface area contributed by atoms with Crippen molar-refractivity contribution in [2.45, 2.75) is 13.5 Å². The van der Waals surface area contributed by atoms with E-state index in [0.29, 0.717) is 11.3 Å². The Morgan fingerprint density at radius 2 is 1.72 bits per heavy atom. The van der Waals surface area contributed by atoms with Gasteiger partial charge in [-0.1, -0.05) is 0 Å². The Kier molecular flexibility index (Phi) is 5.67. The Morgan fingerprint density at radius 1 is 1.08 bits per heavy atom. The van der Waals surface area contributed by atoms with Crippen molar-refractivity contribution >= 4 is 23.5 Å². The fourth-order valence-corrected chi connectivity index (χ4v) is 2.04.